The van der Waals surface area contributed by atoms with Crippen LogP contribution in [0.25, 0.3) is 5.00 Å². The van der Waals surface area contributed by atoms with Gasteiger partial charge in [-0.1, -0.05) is 29.8 Å². The minimum atomic E-state index is -0.300. The summed E-state index contributed by atoms with van der Waals surface area (Å²) in [5.74, 6) is 0.765. The van der Waals surface area contributed by atoms with E-state index < -0.39 is 0 Å². The fourth-order valence-corrected chi connectivity index (χ4v) is 7.04. The van der Waals surface area contributed by atoms with Crippen LogP contribution in [0.1, 0.15) is 38.9 Å². The van der Waals surface area contributed by atoms with E-state index >= 15 is 0 Å². The number of methoxy groups -OCH3 is 1. The Labute approximate surface area is 226 Å². The van der Waals surface area contributed by atoms with E-state index in [0.717, 1.165) is 47.8 Å². The normalized spacial score (nSPS) is 17.0. The van der Waals surface area contributed by atoms with Crippen LogP contribution < -0.4 is 10.1 Å². The maximum atomic E-state index is 14.1. The number of rotatable bonds is 3. The first-order chi connectivity index (χ1) is 17.9. The minimum absolute atomic E-state index is 0.160. The van der Waals surface area contributed by atoms with Crippen LogP contribution in [0.4, 0.5) is 10.5 Å². The van der Waals surface area contributed by atoms with Crippen LogP contribution in [0.3, 0.4) is 0 Å². The van der Waals surface area contributed by atoms with Gasteiger partial charge in [0, 0.05) is 40.4 Å². The van der Waals surface area contributed by atoms with Gasteiger partial charge in [0.1, 0.15) is 10.8 Å². The van der Waals surface area contributed by atoms with E-state index in [9.17, 15) is 4.79 Å². The predicted octanol–water partition coefficient (Wildman–Crippen LogP) is 6.63. The number of hydrogen-bond donors (Lipinski definition) is 1. The summed E-state index contributed by atoms with van der Waals surface area (Å²) in [6.07, 6.45) is 3.11. The molecule has 0 spiro atoms. The van der Waals surface area contributed by atoms with Crippen LogP contribution in [0.15, 0.2) is 60.8 Å². The maximum Gasteiger partial charge on any atom is 0.322 e. The number of benzene rings is 2. The second kappa shape index (κ2) is 9.56. The van der Waals surface area contributed by atoms with Crippen molar-refractivity contribution in [2.24, 2.45) is 0 Å². The third kappa shape index (κ3) is 4.31. The third-order valence-electron chi connectivity index (χ3n) is 7.37. The Hall–Kier alpha value is -3.26. The first kappa shape index (κ1) is 24.1. The molecular weight excluding hydrogens is 504 g/mol. The van der Waals surface area contributed by atoms with Gasteiger partial charge in [0.25, 0.3) is 0 Å². The summed E-state index contributed by atoms with van der Waals surface area (Å²) in [5, 5.41) is 4.97. The molecule has 6 rings (SSSR count). The van der Waals surface area contributed by atoms with Gasteiger partial charge >= 0.3 is 6.03 Å². The second-order valence-electron chi connectivity index (χ2n) is 9.77. The third-order valence-corrected chi connectivity index (χ3v) is 8.86. The molecule has 0 radical (unpaired) electrons. The number of hydrogen-bond acceptors (Lipinski definition) is 4. The minimum Gasteiger partial charge on any atom is -0.497 e. The number of fused-ring (bicyclic) bond motifs is 5. The Balaban J connectivity index is 1.51. The molecule has 37 heavy (non-hydrogen) atoms. The van der Waals surface area contributed by atoms with Gasteiger partial charge in [-0.2, -0.15) is 0 Å². The van der Waals surface area contributed by atoms with Crippen molar-refractivity contribution in [2.75, 3.05) is 26.0 Å². The zero-order chi connectivity index (χ0) is 25.7. The number of nitrogens with one attached hydrogen (secondary N) is 1. The van der Waals surface area contributed by atoms with E-state index in [1.54, 1.807) is 7.11 Å². The van der Waals surface area contributed by atoms with E-state index in [1.807, 2.05) is 59.6 Å². The number of thiophene rings is 1. The van der Waals surface area contributed by atoms with Crippen molar-refractivity contribution < 1.29 is 9.53 Å². The number of aryl methyl sites for hydroxylation is 1. The van der Waals surface area contributed by atoms with E-state index in [-0.39, 0.29) is 12.1 Å². The number of ether oxygens (including phenoxy) is 1. The van der Waals surface area contributed by atoms with E-state index in [1.165, 1.54) is 21.0 Å². The highest BCUT2D eigenvalue weighted by Gasteiger charge is 2.36. The molecule has 2 amide bonds. The summed E-state index contributed by atoms with van der Waals surface area (Å²) in [6, 6.07) is 17.3. The van der Waals surface area contributed by atoms with Crippen molar-refractivity contribution in [1.29, 1.82) is 0 Å². The van der Waals surface area contributed by atoms with Crippen LogP contribution in [0.2, 0.25) is 5.02 Å². The smallest absolute Gasteiger partial charge is 0.322 e. The quantitative estimate of drug-likeness (QED) is 0.322. The molecule has 4 aromatic rings. The summed E-state index contributed by atoms with van der Waals surface area (Å²) in [4.78, 5) is 19.8. The van der Waals surface area contributed by atoms with Crippen LogP contribution in [0, 0.1) is 6.92 Å². The van der Waals surface area contributed by atoms with Gasteiger partial charge in [-0.15, -0.1) is 11.3 Å². The topological polar surface area (TPSA) is 49.7 Å². The highest BCUT2D eigenvalue weighted by molar-refractivity contribution is 7.15. The van der Waals surface area contributed by atoms with Crippen LogP contribution >= 0.6 is 22.9 Å². The number of halogens is 1. The molecule has 0 saturated carbocycles. The number of carbonyl (C=O) groups is 1. The fourth-order valence-electron chi connectivity index (χ4n) is 5.43. The summed E-state index contributed by atoms with van der Waals surface area (Å²) in [7, 11) is 3.84. The lowest BCUT2D eigenvalue weighted by molar-refractivity contribution is 0.194. The van der Waals surface area contributed by atoms with Gasteiger partial charge in [-0.05, 0) is 73.5 Å². The Kier molecular flexibility index (Phi) is 6.23. The summed E-state index contributed by atoms with van der Waals surface area (Å²) in [6.45, 7) is 4.45. The van der Waals surface area contributed by atoms with Crippen molar-refractivity contribution in [3.8, 4) is 10.8 Å². The number of anilines is 1. The fraction of sp³-hybridized carbons (Fsp3) is 0.276. The molecule has 4 heterocycles. The number of likely N-dealkylation sites (N-methyl/N-ethyl adjacent to an activating group) is 1. The molecular formula is C29H29ClN4O2S. The highest BCUT2D eigenvalue weighted by atomic mass is 35.5. The largest absolute Gasteiger partial charge is 0.497 e. The molecule has 2 aromatic carbocycles. The summed E-state index contributed by atoms with van der Waals surface area (Å²) >= 11 is 8.13. The van der Waals surface area contributed by atoms with Crippen LogP contribution in [-0.2, 0) is 19.5 Å². The molecule has 2 aliphatic heterocycles. The average molecular weight is 533 g/mol. The molecule has 6 nitrogen and oxygen atoms in total. The zero-order valence-corrected chi connectivity index (χ0v) is 22.7. The van der Waals surface area contributed by atoms with Crippen molar-refractivity contribution in [3.63, 3.8) is 0 Å². The second-order valence-corrected chi connectivity index (χ2v) is 11.3. The van der Waals surface area contributed by atoms with Gasteiger partial charge in [0.05, 0.1) is 25.4 Å². The number of carbonyl (C=O) groups excluding carboxylic acids is 1. The SMILES string of the molecule is COc1cccc([C@H]2c3cccn3-c3sc4c(c3CN2C(=O)Nc2cc(Cl)ccc2C)CCN(C)C4)c1. The highest BCUT2D eigenvalue weighted by Crippen LogP contribution is 2.44. The monoisotopic (exact) mass is 532 g/mol. The molecule has 0 fully saturated rings. The standard InChI is InChI=1S/C29H29ClN4O2S/c1-18-9-10-20(30)15-24(18)31-29(35)34-16-23-22-11-13-32(2)17-26(22)37-28(23)33-12-5-8-25(33)27(34)19-6-4-7-21(14-19)36-3/h4-10,12,14-15,27H,11,13,16-17H2,1-3H3,(H,31,35)/t27-/m0/s1. The number of aromatic nitrogens is 1. The number of amides is 2. The molecule has 0 bridgehead atoms. The Morgan fingerprint density at radius 1 is 1.11 bits per heavy atom. The molecule has 2 aliphatic rings. The number of nitrogens with zero attached hydrogens (tertiary/aromatic N) is 3. The van der Waals surface area contributed by atoms with E-state index in [0.29, 0.717) is 11.6 Å². The van der Waals surface area contributed by atoms with Gasteiger partial charge in [0.15, 0.2) is 0 Å². The molecule has 0 saturated heterocycles. The van der Waals surface area contributed by atoms with Crippen molar-refractivity contribution >= 4 is 34.7 Å². The van der Waals surface area contributed by atoms with Crippen LogP contribution in [0.5, 0.6) is 5.75 Å². The lowest BCUT2D eigenvalue weighted by atomic mass is 10.00. The lowest BCUT2D eigenvalue weighted by Crippen LogP contribution is -2.38. The molecule has 2 aromatic heterocycles. The first-order valence-corrected chi connectivity index (χ1v) is 13.6. The Morgan fingerprint density at radius 2 is 1.97 bits per heavy atom. The van der Waals surface area contributed by atoms with E-state index in [4.69, 9.17) is 16.3 Å². The van der Waals surface area contributed by atoms with Gasteiger partial charge in [-0.3, -0.25) is 0 Å². The van der Waals surface area contributed by atoms with E-state index in [2.05, 4.69) is 46.2 Å². The van der Waals surface area contributed by atoms with Crippen molar-refractivity contribution in [2.45, 2.75) is 32.5 Å². The Morgan fingerprint density at radius 3 is 2.81 bits per heavy atom. The lowest BCUT2D eigenvalue weighted by Gasteiger charge is -2.32. The molecule has 190 valence electrons. The maximum absolute atomic E-state index is 14.1. The zero-order valence-electron chi connectivity index (χ0n) is 21.1. The average Bonchev–Trinajstić information content (AvgIpc) is 3.47. The van der Waals surface area contributed by atoms with Gasteiger partial charge in [-0.25, -0.2) is 4.79 Å². The Bertz CT molecular complexity index is 1490. The van der Waals surface area contributed by atoms with Crippen LogP contribution in [-0.4, -0.2) is 41.1 Å². The van der Waals surface area contributed by atoms with Gasteiger partial charge < -0.3 is 24.4 Å². The molecule has 0 aliphatic carbocycles. The van der Waals surface area contributed by atoms with Crippen molar-refractivity contribution in [1.82, 2.24) is 14.4 Å². The predicted molar refractivity (Wildman–Crippen MR) is 149 cm³/mol. The first-order valence-electron chi connectivity index (χ1n) is 12.4. The molecule has 1 atom stereocenters. The number of urea groups is 1. The molecule has 1 N–H and O–H groups in total. The summed E-state index contributed by atoms with van der Waals surface area (Å²) in [5.41, 5.74) is 6.37. The van der Waals surface area contributed by atoms with Gasteiger partial charge in [0.2, 0.25) is 0 Å². The molecule has 8 heteroatoms. The summed E-state index contributed by atoms with van der Waals surface area (Å²) < 4.78 is 7.83. The molecule has 0 unspecified atom stereocenters. The van der Waals surface area contributed by atoms with Crippen molar-refractivity contribution in [3.05, 3.63) is 98.6 Å².